The fraction of sp³-hybridized carbons (Fsp3) is 0.321. The molecule has 0 bridgehead atoms. The first kappa shape index (κ1) is 25.7. The van der Waals surface area contributed by atoms with Crippen molar-refractivity contribution >= 4 is 23.2 Å². The zero-order chi connectivity index (χ0) is 27.7. The molecular weight excluding hydrogens is 492 g/mol. The zero-order valence-electron chi connectivity index (χ0n) is 20.7. The molecule has 3 aliphatic rings. The molecular formula is C28H28N2O8. The molecule has 0 spiro atoms. The highest BCUT2D eigenvalue weighted by atomic mass is 16.4. The number of Topliss-reactive ketones (excluding diaryl/α,β-unsaturated/α-hetero) is 2. The molecule has 1 fully saturated rings. The van der Waals surface area contributed by atoms with Crippen LogP contribution in [0.1, 0.15) is 22.6 Å². The number of phenols is 1. The Morgan fingerprint density at radius 2 is 1.68 bits per heavy atom. The summed E-state index contributed by atoms with van der Waals surface area (Å²) < 4.78 is 0. The quantitative estimate of drug-likeness (QED) is 0.316. The minimum atomic E-state index is -2.94. The topological polar surface area (TPSA) is 182 Å². The van der Waals surface area contributed by atoms with Gasteiger partial charge in [0.15, 0.2) is 11.4 Å². The van der Waals surface area contributed by atoms with E-state index in [0.717, 1.165) is 5.56 Å². The molecule has 38 heavy (non-hydrogen) atoms. The molecule has 0 aliphatic heterocycles. The van der Waals surface area contributed by atoms with E-state index in [1.165, 1.54) is 25.1 Å². The van der Waals surface area contributed by atoms with Crippen LogP contribution in [-0.2, 0) is 20.8 Å². The molecule has 1 saturated carbocycles. The fourth-order valence-electron chi connectivity index (χ4n) is 6.50. The number of phenolic OH excluding ortho intramolecular Hbond substituents is 1. The van der Waals surface area contributed by atoms with Crippen molar-refractivity contribution in [3.05, 3.63) is 82.1 Å². The summed E-state index contributed by atoms with van der Waals surface area (Å²) in [5.74, 6) is -9.09. The Kier molecular flexibility index (Phi) is 5.94. The number of carbonyl (C=O) groups is 3. The minimum absolute atomic E-state index is 0.0306. The normalized spacial score (nSPS) is 30.7. The summed E-state index contributed by atoms with van der Waals surface area (Å²) in [6.07, 6.45) is -1.37. The maximum absolute atomic E-state index is 14.1. The Balaban J connectivity index is 1.81. The van der Waals surface area contributed by atoms with E-state index < -0.39 is 75.6 Å². The fourth-order valence-corrected chi connectivity index (χ4v) is 6.50. The maximum Gasteiger partial charge on any atom is 0.255 e. The van der Waals surface area contributed by atoms with E-state index in [2.05, 4.69) is 0 Å². The van der Waals surface area contributed by atoms with Crippen molar-refractivity contribution in [2.75, 3.05) is 14.1 Å². The lowest BCUT2D eigenvalue weighted by atomic mass is 9.53. The highest BCUT2D eigenvalue weighted by molar-refractivity contribution is 6.24. The molecule has 2 aromatic carbocycles. The lowest BCUT2D eigenvalue weighted by Gasteiger charge is -2.54. The van der Waals surface area contributed by atoms with E-state index in [0.29, 0.717) is 5.56 Å². The Morgan fingerprint density at radius 1 is 1.03 bits per heavy atom. The highest BCUT2D eigenvalue weighted by Crippen LogP contribution is 2.56. The minimum Gasteiger partial charge on any atom is -0.508 e. The number of ketones is 2. The molecule has 0 aromatic heterocycles. The first-order valence-electron chi connectivity index (χ1n) is 12.1. The maximum atomic E-state index is 14.1. The summed E-state index contributed by atoms with van der Waals surface area (Å²) in [5, 5.41) is 56.6. The van der Waals surface area contributed by atoms with Crippen LogP contribution in [0.2, 0.25) is 0 Å². The monoisotopic (exact) mass is 520 g/mol. The number of hydrogen-bond donors (Lipinski definition) is 6. The van der Waals surface area contributed by atoms with E-state index in [-0.39, 0.29) is 17.7 Å². The molecule has 7 N–H and O–H groups in total. The van der Waals surface area contributed by atoms with Crippen LogP contribution in [0.4, 0.5) is 0 Å². The molecule has 0 saturated heterocycles. The van der Waals surface area contributed by atoms with Crippen molar-refractivity contribution in [3.63, 3.8) is 0 Å². The molecule has 0 heterocycles. The Labute approximate surface area is 217 Å². The van der Waals surface area contributed by atoms with Crippen LogP contribution < -0.4 is 5.73 Å². The molecule has 10 nitrogen and oxygen atoms in total. The molecule has 3 aliphatic carbocycles. The van der Waals surface area contributed by atoms with Crippen molar-refractivity contribution in [2.45, 2.75) is 30.1 Å². The van der Waals surface area contributed by atoms with Crippen LogP contribution in [-0.4, -0.2) is 79.7 Å². The van der Waals surface area contributed by atoms with Crippen molar-refractivity contribution in [1.29, 1.82) is 0 Å². The molecule has 2 aromatic rings. The van der Waals surface area contributed by atoms with Crippen LogP contribution in [0.15, 0.2) is 65.4 Å². The van der Waals surface area contributed by atoms with E-state index in [1.807, 2.05) is 30.3 Å². The van der Waals surface area contributed by atoms with Crippen molar-refractivity contribution in [1.82, 2.24) is 4.90 Å². The molecule has 1 unspecified atom stereocenters. The summed E-state index contributed by atoms with van der Waals surface area (Å²) in [6, 6.07) is 12.4. The number of likely N-dealkylation sites (N-methyl/N-ethyl adjacent to an activating group) is 1. The SMILES string of the molecule is CN(C)[C@H]1C(=O)C(C(N)=O)=C(O)[C@@]2(O)C(=O)C3=C(O)c4c(O)cccc4C(Cc4ccccc4)[C@H]3[C@H](O)[C@@H]12. The molecule has 0 radical (unpaired) electrons. The van der Waals surface area contributed by atoms with E-state index in [9.17, 15) is 39.9 Å². The first-order chi connectivity index (χ1) is 17.9. The third kappa shape index (κ3) is 3.34. The number of rotatable bonds is 4. The van der Waals surface area contributed by atoms with Gasteiger partial charge in [-0.25, -0.2) is 0 Å². The van der Waals surface area contributed by atoms with Gasteiger partial charge >= 0.3 is 0 Å². The summed E-state index contributed by atoms with van der Waals surface area (Å²) in [7, 11) is 2.94. The van der Waals surface area contributed by atoms with Gasteiger partial charge in [-0.2, -0.15) is 0 Å². The summed E-state index contributed by atoms with van der Waals surface area (Å²) >= 11 is 0. The summed E-state index contributed by atoms with van der Waals surface area (Å²) in [6.45, 7) is 0. The Bertz CT molecular complexity index is 1430. The van der Waals surface area contributed by atoms with Gasteiger partial charge in [0, 0.05) is 11.5 Å². The van der Waals surface area contributed by atoms with Gasteiger partial charge in [0.05, 0.1) is 23.6 Å². The number of nitrogens with zero attached hydrogens (tertiary/aromatic N) is 1. The number of nitrogens with two attached hydrogens (primary N) is 1. The molecule has 198 valence electrons. The highest BCUT2D eigenvalue weighted by Gasteiger charge is 2.68. The summed E-state index contributed by atoms with van der Waals surface area (Å²) in [4.78, 5) is 40.9. The van der Waals surface area contributed by atoms with Crippen LogP contribution in [0.25, 0.3) is 5.76 Å². The lowest BCUT2D eigenvalue weighted by Crippen LogP contribution is -2.70. The van der Waals surface area contributed by atoms with Gasteiger partial charge in [0.25, 0.3) is 5.91 Å². The molecule has 1 amide bonds. The van der Waals surface area contributed by atoms with Crippen LogP contribution in [0.3, 0.4) is 0 Å². The zero-order valence-corrected chi connectivity index (χ0v) is 20.7. The summed E-state index contributed by atoms with van der Waals surface area (Å²) in [5.41, 5.74) is 2.34. The van der Waals surface area contributed by atoms with Gasteiger partial charge in [-0.1, -0.05) is 42.5 Å². The second-order valence-corrected chi connectivity index (χ2v) is 10.3. The number of fused-ring (bicyclic) bond motifs is 3. The second kappa shape index (κ2) is 8.80. The smallest absolute Gasteiger partial charge is 0.255 e. The number of aromatic hydroxyl groups is 1. The van der Waals surface area contributed by atoms with Gasteiger partial charge < -0.3 is 31.3 Å². The van der Waals surface area contributed by atoms with Gasteiger partial charge in [-0.05, 0) is 43.6 Å². The molecule has 6 atom stereocenters. The van der Waals surface area contributed by atoms with Crippen molar-refractivity contribution < 1.29 is 39.9 Å². The number of benzene rings is 2. The van der Waals surface area contributed by atoms with Crippen LogP contribution in [0.5, 0.6) is 5.75 Å². The van der Waals surface area contributed by atoms with Crippen molar-refractivity contribution in [3.8, 4) is 5.75 Å². The number of amides is 1. The average molecular weight is 521 g/mol. The number of primary amides is 1. The van der Waals surface area contributed by atoms with E-state index in [1.54, 1.807) is 12.1 Å². The number of carbonyl (C=O) groups excluding carboxylic acids is 3. The third-order valence-electron chi connectivity index (χ3n) is 8.10. The molecule has 10 heteroatoms. The number of hydrogen-bond acceptors (Lipinski definition) is 9. The Hall–Kier alpha value is -3.99. The first-order valence-corrected chi connectivity index (χ1v) is 12.1. The lowest BCUT2D eigenvalue weighted by molar-refractivity contribution is -0.169. The van der Waals surface area contributed by atoms with E-state index in [4.69, 9.17) is 5.73 Å². The van der Waals surface area contributed by atoms with Gasteiger partial charge in [-0.15, -0.1) is 0 Å². The van der Waals surface area contributed by atoms with Gasteiger partial charge in [-0.3, -0.25) is 19.3 Å². The standard InChI is InChI=1S/C28H28N2O8/c1-30(2)21-20-23(33)17-14(11-12-7-4-3-5-8-12)13-9-6-10-15(31)16(13)22(32)18(17)25(35)28(20,38)26(36)19(24(21)34)27(29)37/h3-10,14,17,20-21,23,31-33,36,38H,11H2,1-2H3,(H2,29,37)/t14?,17-,20-,21-,23+,28+/m1/s1. The van der Waals surface area contributed by atoms with Gasteiger partial charge in [0.1, 0.15) is 22.8 Å². The predicted octanol–water partition coefficient (Wildman–Crippen LogP) is 0.719. The Morgan fingerprint density at radius 3 is 2.29 bits per heavy atom. The number of aliphatic hydroxyl groups excluding tert-OH is 3. The molecule has 5 rings (SSSR count). The van der Waals surface area contributed by atoms with Crippen LogP contribution in [0, 0.1) is 11.8 Å². The largest absolute Gasteiger partial charge is 0.508 e. The van der Waals surface area contributed by atoms with E-state index >= 15 is 0 Å². The third-order valence-corrected chi connectivity index (χ3v) is 8.10. The number of aliphatic hydroxyl groups is 4. The van der Waals surface area contributed by atoms with Crippen molar-refractivity contribution in [2.24, 2.45) is 17.6 Å². The second-order valence-electron chi connectivity index (χ2n) is 10.3. The predicted molar refractivity (Wildman–Crippen MR) is 135 cm³/mol. The average Bonchev–Trinajstić information content (AvgIpc) is 2.86. The van der Waals surface area contributed by atoms with Crippen LogP contribution >= 0.6 is 0 Å². The van der Waals surface area contributed by atoms with Gasteiger partial charge in [0.2, 0.25) is 5.78 Å².